The minimum Gasteiger partial charge on any atom is -0.452 e. The standard InChI is InChI=1S/C3H4N2O5S/c1-10-3(7)5-11(8,9)4-2-6/h1H3,(H,5,7). The zero-order valence-electron chi connectivity index (χ0n) is 5.40. The Kier molecular flexibility index (Phi) is 3.22. The summed E-state index contributed by atoms with van der Waals surface area (Å²) in [6.07, 6.45) is -0.464. The van der Waals surface area contributed by atoms with E-state index in [9.17, 15) is 18.0 Å². The van der Waals surface area contributed by atoms with Crippen LogP contribution in [0.25, 0.3) is 0 Å². The predicted molar refractivity (Wildman–Crippen MR) is 32.6 cm³/mol. The largest absolute Gasteiger partial charge is 0.452 e. The van der Waals surface area contributed by atoms with Gasteiger partial charge in [-0.2, -0.15) is 13.1 Å². The normalized spacial score (nSPS) is 9.55. The Morgan fingerprint density at radius 2 is 2.18 bits per heavy atom. The average Bonchev–Trinajstić information content (AvgIpc) is 1.86. The van der Waals surface area contributed by atoms with E-state index in [1.54, 1.807) is 0 Å². The van der Waals surface area contributed by atoms with Crippen molar-refractivity contribution in [3.05, 3.63) is 0 Å². The summed E-state index contributed by atoms with van der Waals surface area (Å²) in [5.74, 6) is 0. The van der Waals surface area contributed by atoms with Gasteiger partial charge >= 0.3 is 16.3 Å². The third-order valence-corrected chi connectivity index (χ3v) is 1.29. The molecule has 0 aliphatic rings. The van der Waals surface area contributed by atoms with E-state index < -0.39 is 16.3 Å². The average molecular weight is 180 g/mol. The van der Waals surface area contributed by atoms with Crippen LogP contribution >= 0.6 is 0 Å². The molecule has 8 heteroatoms. The fourth-order valence-corrected chi connectivity index (χ4v) is 0.657. The number of carbonyl (C=O) groups excluding carboxylic acids is 2. The van der Waals surface area contributed by atoms with E-state index in [-0.39, 0.29) is 0 Å². The van der Waals surface area contributed by atoms with Crippen LogP contribution in [0, 0.1) is 0 Å². The molecule has 0 aromatic rings. The summed E-state index contributed by atoms with van der Waals surface area (Å²) in [7, 11) is -3.30. The molecule has 0 fully saturated rings. The van der Waals surface area contributed by atoms with Crippen LogP contribution in [0.15, 0.2) is 4.40 Å². The van der Waals surface area contributed by atoms with Crippen molar-refractivity contribution in [1.82, 2.24) is 4.72 Å². The molecule has 7 nitrogen and oxygen atoms in total. The first-order valence-corrected chi connectivity index (χ1v) is 3.65. The third-order valence-electron chi connectivity index (χ3n) is 0.555. The van der Waals surface area contributed by atoms with Crippen LogP contribution in [0.1, 0.15) is 0 Å². The number of amides is 1. The van der Waals surface area contributed by atoms with Crippen LogP contribution in [0.5, 0.6) is 0 Å². The smallest absolute Gasteiger partial charge is 0.422 e. The monoisotopic (exact) mass is 180 g/mol. The summed E-state index contributed by atoms with van der Waals surface area (Å²) in [5.41, 5.74) is 0. The van der Waals surface area contributed by atoms with E-state index in [1.807, 2.05) is 0 Å². The fraction of sp³-hybridized carbons (Fsp3) is 0.333. The van der Waals surface area contributed by atoms with Gasteiger partial charge in [-0.25, -0.2) is 9.59 Å². The number of isocyanates is 1. The predicted octanol–water partition coefficient (Wildman–Crippen LogP) is -1.08. The molecule has 0 unspecified atom stereocenters. The van der Waals surface area contributed by atoms with Crippen molar-refractivity contribution in [2.24, 2.45) is 4.40 Å². The number of carbonyl (C=O) groups is 1. The number of nitrogens with one attached hydrogen (secondary N) is 1. The number of methoxy groups -OCH3 is 1. The molecular weight excluding hydrogens is 176 g/mol. The van der Waals surface area contributed by atoms with Gasteiger partial charge in [0.05, 0.1) is 7.11 Å². The number of ether oxygens (including phenoxy) is 1. The SMILES string of the molecule is COC(=O)NS(=O)(=O)N=C=O. The van der Waals surface area contributed by atoms with Gasteiger partial charge in [-0.1, -0.05) is 4.40 Å². The Morgan fingerprint density at radius 3 is 2.55 bits per heavy atom. The lowest BCUT2D eigenvalue weighted by molar-refractivity contribution is 0.177. The summed E-state index contributed by atoms with van der Waals surface area (Å²) >= 11 is 0. The van der Waals surface area contributed by atoms with Gasteiger partial charge in [0.15, 0.2) is 0 Å². The highest BCUT2D eigenvalue weighted by Gasteiger charge is 2.11. The molecule has 0 aliphatic carbocycles. The Labute approximate surface area is 62.2 Å². The molecule has 0 aliphatic heterocycles. The van der Waals surface area contributed by atoms with Crippen LogP contribution in [0.2, 0.25) is 0 Å². The first-order chi connectivity index (χ1) is 5.02. The Balaban J connectivity index is 4.38. The van der Waals surface area contributed by atoms with Crippen molar-refractivity contribution in [3.8, 4) is 0 Å². The molecule has 0 radical (unpaired) electrons. The molecule has 0 saturated heterocycles. The molecule has 11 heavy (non-hydrogen) atoms. The Morgan fingerprint density at radius 1 is 1.64 bits per heavy atom. The van der Waals surface area contributed by atoms with Crippen molar-refractivity contribution >= 4 is 22.4 Å². The van der Waals surface area contributed by atoms with Gasteiger partial charge in [0.25, 0.3) is 6.08 Å². The van der Waals surface area contributed by atoms with E-state index in [1.165, 1.54) is 4.72 Å². The molecule has 0 aromatic heterocycles. The molecule has 0 heterocycles. The highest BCUT2D eigenvalue weighted by Crippen LogP contribution is 1.83. The molecule has 0 rings (SSSR count). The molecule has 0 aromatic carbocycles. The van der Waals surface area contributed by atoms with Gasteiger partial charge in [-0.3, -0.25) is 0 Å². The summed E-state index contributed by atoms with van der Waals surface area (Å²) in [6.45, 7) is 0. The highest BCUT2D eigenvalue weighted by atomic mass is 32.2. The lowest BCUT2D eigenvalue weighted by Crippen LogP contribution is -2.28. The van der Waals surface area contributed by atoms with Gasteiger partial charge in [0.1, 0.15) is 0 Å². The van der Waals surface area contributed by atoms with Crippen LogP contribution in [-0.2, 0) is 19.7 Å². The molecule has 0 bridgehead atoms. The van der Waals surface area contributed by atoms with Gasteiger partial charge in [-0.15, -0.1) is 0 Å². The molecule has 1 N–H and O–H groups in total. The van der Waals surface area contributed by atoms with Crippen LogP contribution in [-0.4, -0.2) is 27.7 Å². The van der Waals surface area contributed by atoms with Crippen LogP contribution in [0.3, 0.4) is 0 Å². The van der Waals surface area contributed by atoms with Gasteiger partial charge in [0, 0.05) is 0 Å². The fourth-order valence-electron chi connectivity index (χ4n) is 0.219. The van der Waals surface area contributed by atoms with E-state index in [0.717, 1.165) is 13.2 Å². The first-order valence-electron chi connectivity index (χ1n) is 2.21. The highest BCUT2D eigenvalue weighted by molar-refractivity contribution is 7.88. The lowest BCUT2D eigenvalue weighted by atomic mass is 11.2. The Bertz CT molecular complexity index is 287. The second-order valence-electron chi connectivity index (χ2n) is 1.25. The van der Waals surface area contributed by atoms with E-state index >= 15 is 0 Å². The van der Waals surface area contributed by atoms with Gasteiger partial charge in [-0.05, 0) is 0 Å². The topological polar surface area (TPSA) is 102 Å². The minimum absolute atomic E-state index is 0.754. The zero-order valence-corrected chi connectivity index (χ0v) is 6.21. The zero-order chi connectivity index (χ0) is 8.91. The van der Waals surface area contributed by atoms with Crippen molar-refractivity contribution in [2.45, 2.75) is 0 Å². The van der Waals surface area contributed by atoms with Gasteiger partial charge < -0.3 is 4.74 Å². The second kappa shape index (κ2) is 3.69. The number of hydrogen-bond donors (Lipinski definition) is 1. The lowest BCUT2D eigenvalue weighted by Gasteiger charge is -1.96. The summed E-state index contributed by atoms with van der Waals surface area (Å²) in [4.78, 5) is 19.6. The third kappa shape index (κ3) is 4.06. The maximum atomic E-state index is 10.4. The minimum atomic E-state index is -4.27. The number of rotatable bonds is 2. The van der Waals surface area contributed by atoms with Crippen molar-refractivity contribution in [3.63, 3.8) is 0 Å². The number of hydrogen-bond acceptors (Lipinski definition) is 5. The molecule has 0 atom stereocenters. The van der Waals surface area contributed by atoms with Crippen LogP contribution < -0.4 is 4.72 Å². The molecule has 0 saturated carbocycles. The number of nitrogens with zero attached hydrogens (tertiary/aromatic N) is 1. The Hall–Kier alpha value is -1.40. The van der Waals surface area contributed by atoms with Crippen molar-refractivity contribution < 1.29 is 22.7 Å². The first kappa shape index (κ1) is 9.60. The van der Waals surface area contributed by atoms with Crippen LogP contribution in [0.4, 0.5) is 4.79 Å². The van der Waals surface area contributed by atoms with Crippen molar-refractivity contribution in [2.75, 3.05) is 7.11 Å². The van der Waals surface area contributed by atoms with Crippen molar-refractivity contribution in [1.29, 1.82) is 0 Å². The van der Waals surface area contributed by atoms with E-state index in [2.05, 4.69) is 9.13 Å². The summed E-state index contributed by atoms with van der Waals surface area (Å²) in [6, 6.07) is 0. The summed E-state index contributed by atoms with van der Waals surface area (Å²) in [5, 5.41) is 0. The molecule has 62 valence electrons. The van der Waals surface area contributed by atoms with Gasteiger partial charge in [0.2, 0.25) is 0 Å². The van der Waals surface area contributed by atoms with E-state index in [0.29, 0.717) is 0 Å². The molecular formula is C3H4N2O5S. The summed E-state index contributed by atoms with van der Waals surface area (Å²) < 4.78 is 28.2. The van der Waals surface area contributed by atoms with E-state index in [4.69, 9.17) is 0 Å². The molecule has 1 amide bonds. The quantitative estimate of drug-likeness (QED) is 0.430. The maximum absolute atomic E-state index is 10.4. The maximum Gasteiger partial charge on any atom is 0.422 e. The second-order valence-corrected chi connectivity index (χ2v) is 2.59. The molecule has 0 spiro atoms.